The van der Waals surface area contributed by atoms with Crippen LogP contribution in [0.5, 0.6) is 0 Å². The summed E-state index contributed by atoms with van der Waals surface area (Å²) < 4.78 is 17.2. The molecule has 1 aliphatic carbocycles. The van der Waals surface area contributed by atoms with Crippen molar-refractivity contribution in [3.8, 4) is 11.1 Å². The monoisotopic (exact) mass is 400 g/mol. The highest BCUT2D eigenvalue weighted by Crippen LogP contribution is 2.39. The predicted molar refractivity (Wildman–Crippen MR) is 113 cm³/mol. The number of aryl methyl sites for hydroxylation is 1. The van der Waals surface area contributed by atoms with E-state index in [4.69, 9.17) is 0 Å². The van der Waals surface area contributed by atoms with Crippen molar-refractivity contribution >= 4 is 16.7 Å². The second-order valence-corrected chi connectivity index (χ2v) is 7.99. The van der Waals surface area contributed by atoms with E-state index in [0.29, 0.717) is 23.3 Å². The Hall–Kier alpha value is -3.41. The second-order valence-electron chi connectivity index (χ2n) is 7.99. The van der Waals surface area contributed by atoms with Crippen molar-refractivity contribution in [2.75, 3.05) is 0 Å². The third-order valence-electron chi connectivity index (χ3n) is 5.61. The normalized spacial score (nSPS) is 13.7. The zero-order valence-corrected chi connectivity index (χ0v) is 16.9. The summed E-state index contributed by atoms with van der Waals surface area (Å²) in [6, 6.07) is 9.44. The van der Waals surface area contributed by atoms with Crippen LogP contribution >= 0.6 is 0 Å². The Morgan fingerprint density at radius 1 is 1.20 bits per heavy atom. The van der Waals surface area contributed by atoms with Gasteiger partial charge in [-0.05, 0) is 41.7 Å². The maximum absolute atomic E-state index is 15.5. The summed E-state index contributed by atoms with van der Waals surface area (Å²) in [7, 11) is 1.82. The van der Waals surface area contributed by atoms with E-state index >= 15 is 4.39 Å². The number of pyridine rings is 2. The summed E-state index contributed by atoms with van der Waals surface area (Å²) >= 11 is 0. The maximum atomic E-state index is 15.5. The first-order valence-corrected chi connectivity index (χ1v) is 10.1. The molecule has 0 saturated heterocycles. The van der Waals surface area contributed by atoms with Gasteiger partial charge in [-0.2, -0.15) is 5.10 Å². The first kappa shape index (κ1) is 18.6. The number of Topliss-reactive ketones (excluding diaryl/α,β-unsaturated/α-hetero) is 1. The summed E-state index contributed by atoms with van der Waals surface area (Å²) in [5.74, 6) is -0.00438. The number of fused-ring (bicyclic) bond motifs is 1. The number of aromatic nitrogens is 4. The van der Waals surface area contributed by atoms with Crippen molar-refractivity contribution in [3.63, 3.8) is 0 Å². The number of benzene rings is 1. The van der Waals surface area contributed by atoms with E-state index in [1.54, 1.807) is 23.0 Å². The summed E-state index contributed by atoms with van der Waals surface area (Å²) in [4.78, 5) is 20.9. The standard InChI is InChI=1S/C24H21FN4O/c1-14(30)22-10-20(18-12-27-29(2)13-18)19-7-6-17(23(25)24(19)28-22)9-15-3-8-21(26-11-15)16-4-5-16/h3,6-8,10-13,16H,4-5,9H2,1-2H3. The fourth-order valence-electron chi connectivity index (χ4n) is 3.80. The topological polar surface area (TPSA) is 60.7 Å². The highest BCUT2D eigenvalue weighted by Gasteiger charge is 2.24. The smallest absolute Gasteiger partial charge is 0.178 e. The molecular weight excluding hydrogens is 379 g/mol. The van der Waals surface area contributed by atoms with E-state index in [1.807, 2.05) is 37.6 Å². The SMILES string of the molecule is CC(=O)c1cc(-c2cnn(C)c2)c2ccc(Cc3ccc(C4CC4)nc3)c(F)c2n1. The average Bonchev–Trinajstić information content (AvgIpc) is 3.50. The molecule has 0 amide bonds. The molecule has 5 nitrogen and oxygen atoms in total. The molecule has 0 spiro atoms. The van der Waals surface area contributed by atoms with Crippen molar-refractivity contribution in [3.05, 3.63) is 77.3 Å². The molecule has 1 fully saturated rings. The van der Waals surface area contributed by atoms with Gasteiger partial charge in [-0.1, -0.05) is 18.2 Å². The van der Waals surface area contributed by atoms with Crippen LogP contribution in [-0.4, -0.2) is 25.5 Å². The van der Waals surface area contributed by atoms with Crippen LogP contribution in [-0.2, 0) is 13.5 Å². The number of hydrogen-bond acceptors (Lipinski definition) is 4. The maximum Gasteiger partial charge on any atom is 0.178 e. The van der Waals surface area contributed by atoms with Gasteiger partial charge in [0.2, 0.25) is 0 Å². The number of halogens is 1. The lowest BCUT2D eigenvalue weighted by Crippen LogP contribution is -2.02. The summed E-state index contributed by atoms with van der Waals surface area (Å²) in [5, 5.41) is 4.87. The van der Waals surface area contributed by atoms with Crippen LogP contribution in [0.3, 0.4) is 0 Å². The minimum absolute atomic E-state index is 0.202. The zero-order chi connectivity index (χ0) is 20.8. The Labute approximate surface area is 173 Å². The van der Waals surface area contributed by atoms with Gasteiger partial charge in [-0.15, -0.1) is 0 Å². The molecule has 0 bridgehead atoms. The zero-order valence-electron chi connectivity index (χ0n) is 16.9. The van der Waals surface area contributed by atoms with Gasteiger partial charge in [0.1, 0.15) is 11.2 Å². The number of carbonyl (C=O) groups excluding carboxylic acids is 1. The lowest BCUT2D eigenvalue weighted by molar-refractivity contribution is 0.101. The van der Waals surface area contributed by atoms with E-state index in [-0.39, 0.29) is 17.0 Å². The van der Waals surface area contributed by atoms with E-state index in [1.165, 1.54) is 19.8 Å². The molecule has 30 heavy (non-hydrogen) atoms. The molecule has 0 atom stereocenters. The molecular formula is C24H21FN4O. The minimum atomic E-state index is -0.396. The highest BCUT2D eigenvalue weighted by molar-refractivity contribution is 6.01. The van der Waals surface area contributed by atoms with Crippen LogP contribution in [0, 0.1) is 5.82 Å². The van der Waals surface area contributed by atoms with Gasteiger partial charge in [0.05, 0.1) is 6.20 Å². The molecule has 150 valence electrons. The number of ketones is 1. The van der Waals surface area contributed by atoms with Gasteiger partial charge in [0, 0.05) is 55.3 Å². The molecule has 3 heterocycles. The molecule has 0 aliphatic heterocycles. The Morgan fingerprint density at radius 3 is 2.67 bits per heavy atom. The van der Waals surface area contributed by atoms with Crippen LogP contribution in [0.25, 0.3) is 22.0 Å². The average molecular weight is 400 g/mol. The lowest BCUT2D eigenvalue weighted by atomic mass is 9.98. The largest absolute Gasteiger partial charge is 0.293 e. The van der Waals surface area contributed by atoms with E-state index < -0.39 is 5.82 Å². The van der Waals surface area contributed by atoms with Gasteiger partial charge in [-0.25, -0.2) is 9.37 Å². The fourth-order valence-corrected chi connectivity index (χ4v) is 3.80. The Morgan fingerprint density at radius 2 is 2.03 bits per heavy atom. The molecule has 5 rings (SSSR count). The molecule has 1 aliphatic rings. The van der Waals surface area contributed by atoms with E-state index in [2.05, 4.69) is 15.1 Å². The van der Waals surface area contributed by atoms with Crippen molar-refractivity contribution in [1.29, 1.82) is 0 Å². The predicted octanol–water partition coefficient (Wildman–Crippen LogP) is 4.84. The Kier molecular flexibility index (Phi) is 4.42. The molecule has 1 aromatic carbocycles. The third kappa shape index (κ3) is 3.38. The number of hydrogen-bond donors (Lipinski definition) is 0. The summed E-state index contributed by atoms with van der Waals surface area (Å²) in [6.45, 7) is 1.44. The van der Waals surface area contributed by atoms with E-state index in [9.17, 15) is 4.79 Å². The van der Waals surface area contributed by atoms with Gasteiger partial charge in [0.25, 0.3) is 0 Å². The summed E-state index contributed by atoms with van der Waals surface area (Å²) in [6.07, 6.45) is 8.21. The van der Waals surface area contributed by atoms with Crippen LogP contribution in [0.2, 0.25) is 0 Å². The fraction of sp³-hybridized carbons (Fsp3) is 0.250. The highest BCUT2D eigenvalue weighted by atomic mass is 19.1. The molecule has 1 saturated carbocycles. The van der Waals surface area contributed by atoms with Gasteiger partial charge in [0.15, 0.2) is 11.6 Å². The van der Waals surface area contributed by atoms with Gasteiger partial charge < -0.3 is 0 Å². The van der Waals surface area contributed by atoms with Crippen LogP contribution in [0.15, 0.2) is 48.9 Å². The first-order valence-electron chi connectivity index (χ1n) is 10.1. The van der Waals surface area contributed by atoms with Crippen LogP contribution < -0.4 is 0 Å². The number of nitrogens with zero attached hydrogens (tertiary/aromatic N) is 4. The third-order valence-corrected chi connectivity index (χ3v) is 5.61. The second kappa shape index (κ2) is 7.13. The first-order chi connectivity index (χ1) is 14.5. The Balaban J connectivity index is 1.59. The molecule has 0 unspecified atom stereocenters. The van der Waals surface area contributed by atoms with Crippen molar-refractivity contribution in [2.24, 2.45) is 7.05 Å². The number of carbonyl (C=O) groups is 1. The van der Waals surface area contributed by atoms with Crippen molar-refractivity contribution in [2.45, 2.75) is 32.1 Å². The van der Waals surface area contributed by atoms with Crippen LogP contribution in [0.4, 0.5) is 4.39 Å². The van der Waals surface area contributed by atoms with E-state index in [0.717, 1.165) is 22.4 Å². The van der Waals surface area contributed by atoms with Crippen LogP contribution in [0.1, 0.15) is 53.0 Å². The van der Waals surface area contributed by atoms with Gasteiger partial charge >= 0.3 is 0 Å². The molecule has 4 aromatic rings. The molecule has 3 aromatic heterocycles. The molecule has 6 heteroatoms. The number of rotatable bonds is 5. The summed E-state index contributed by atoms with van der Waals surface area (Å²) in [5.41, 5.74) is 4.63. The molecule has 0 radical (unpaired) electrons. The van der Waals surface area contributed by atoms with Crippen molar-refractivity contribution < 1.29 is 9.18 Å². The Bertz CT molecular complexity index is 1270. The van der Waals surface area contributed by atoms with Gasteiger partial charge in [-0.3, -0.25) is 14.5 Å². The minimum Gasteiger partial charge on any atom is -0.293 e. The molecule has 0 N–H and O–H groups in total. The quantitative estimate of drug-likeness (QED) is 0.450. The lowest BCUT2D eigenvalue weighted by Gasteiger charge is -2.11. The van der Waals surface area contributed by atoms with Crippen molar-refractivity contribution in [1.82, 2.24) is 19.7 Å².